The van der Waals surface area contributed by atoms with Gasteiger partial charge in [0.15, 0.2) is 0 Å². The summed E-state index contributed by atoms with van der Waals surface area (Å²) in [6.45, 7) is 5.49. The van der Waals surface area contributed by atoms with Crippen molar-refractivity contribution < 1.29 is 14.7 Å². The third-order valence-electron chi connectivity index (χ3n) is 2.82. The van der Waals surface area contributed by atoms with E-state index in [2.05, 4.69) is 5.32 Å². The standard InChI is InChI=1S/C10H18N2O3/c1-4-10(3)8(14)12(9(15)11-10)6-5-7(2)13/h7,13H,4-6H2,1-3H3,(H,11,15). The van der Waals surface area contributed by atoms with Crippen molar-refractivity contribution in [1.29, 1.82) is 0 Å². The molecule has 86 valence electrons. The lowest BCUT2D eigenvalue weighted by Crippen LogP contribution is -2.43. The van der Waals surface area contributed by atoms with Crippen molar-refractivity contribution >= 4 is 11.9 Å². The van der Waals surface area contributed by atoms with Crippen LogP contribution in [-0.2, 0) is 4.79 Å². The molecule has 1 rings (SSSR count). The lowest BCUT2D eigenvalue weighted by molar-refractivity contribution is -0.131. The summed E-state index contributed by atoms with van der Waals surface area (Å²) < 4.78 is 0. The molecule has 0 saturated carbocycles. The number of imide groups is 1. The minimum atomic E-state index is -0.768. The number of nitrogens with zero attached hydrogens (tertiary/aromatic N) is 1. The molecule has 0 radical (unpaired) electrons. The van der Waals surface area contributed by atoms with Crippen LogP contribution in [0.1, 0.15) is 33.6 Å². The first kappa shape index (κ1) is 12.0. The van der Waals surface area contributed by atoms with Crippen LogP contribution in [0.3, 0.4) is 0 Å². The first-order valence-corrected chi connectivity index (χ1v) is 5.23. The average molecular weight is 214 g/mol. The molecule has 2 unspecified atom stereocenters. The van der Waals surface area contributed by atoms with Crippen LogP contribution in [0.4, 0.5) is 4.79 Å². The average Bonchev–Trinajstić information content (AvgIpc) is 2.37. The predicted octanol–water partition coefficient (Wildman–Crippen LogP) is 0.478. The highest BCUT2D eigenvalue weighted by molar-refractivity contribution is 6.06. The van der Waals surface area contributed by atoms with Gasteiger partial charge < -0.3 is 10.4 Å². The van der Waals surface area contributed by atoms with E-state index in [4.69, 9.17) is 5.11 Å². The fraction of sp³-hybridized carbons (Fsp3) is 0.800. The molecule has 2 atom stereocenters. The van der Waals surface area contributed by atoms with Gasteiger partial charge in [-0.2, -0.15) is 0 Å². The Labute approximate surface area is 89.4 Å². The van der Waals surface area contributed by atoms with E-state index in [1.54, 1.807) is 13.8 Å². The van der Waals surface area contributed by atoms with Crippen LogP contribution in [0.15, 0.2) is 0 Å². The highest BCUT2D eigenvalue weighted by Crippen LogP contribution is 2.20. The Kier molecular flexibility index (Phi) is 3.34. The van der Waals surface area contributed by atoms with Crippen molar-refractivity contribution in [3.05, 3.63) is 0 Å². The summed E-state index contributed by atoms with van der Waals surface area (Å²) in [4.78, 5) is 24.5. The SMILES string of the molecule is CCC1(C)NC(=O)N(CCC(C)O)C1=O. The number of amides is 3. The van der Waals surface area contributed by atoms with Gasteiger partial charge in [0, 0.05) is 6.54 Å². The summed E-state index contributed by atoms with van der Waals surface area (Å²) in [5.41, 5.74) is -0.768. The van der Waals surface area contributed by atoms with Gasteiger partial charge in [0.25, 0.3) is 5.91 Å². The molecule has 0 aromatic carbocycles. The fourth-order valence-electron chi connectivity index (χ4n) is 1.51. The van der Waals surface area contributed by atoms with Crippen LogP contribution in [-0.4, -0.2) is 40.1 Å². The zero-order valence-corrected chi connectivity index (χ0v) is 9.41. The van der Waals surface area contributed by atoms with Crippen LogP contribution in [0.25, 0.3) is 0 Å². The van der Waals surface area contributed by atoms with Crippen molar-refractivity contribution in [2.45, 2.75) is 45.3 Å². The number of carbonyl (C=O) groups is 2. The Morgan fingerprint density at radius 2 is 2.13 bits per heavy atom. The van der Waals surface area contributed by atoms with Gasteiger partial charge in [-0.25, -0.2) is 4.79 Å². The summed E-state index contributed by atoms with van der Waals surface area (Å²) in [7, 11) is 0. The smallest absolute Gasteiger partial charge is 0.325 e. The second kappa shape index (κ2) is 4.18. The summed E-state index contributed by atoms with van der Waals surface area (Å²) in [5, 5.41) is 11.8. The van der Waals surface area contributed by atoms with E-state index in [-0.39, 0.29) is 18.5 Å². The summed E-state index contributed by atoms with van der Waals surface area (Å²) in [6.07, 6.45) is 0.487. The number of nitrogens with one attached hydrogen (secondary N) is 1. The third kappa shape index (κ3) is 2.28. The topological polar surface area (TPSA) is 69.6 Å². The zero-order valence-electron chi connectivity index (χ0n) is 9.41. The molecular weight excluding hydrogens is 196 g/mol. The van der Waals surface area contributed by atoms with Gasteiger partial charge in [-0.1, -0.05) is 6.92 Å². The first-order valence-electron chi connectivity index (χ1n) is 5.23. The molecule has 2 N–H and O–H groups in total. The highest BCUT2D eigenvalue weighted by Gasteiger charge is 2.46. The van der Waals surface area contributed by atoms with Crippen LogP contribution in [0.2, 0.25) is 0 Å². The van der Waals surface area contributed by atoms with Crippen LogP contribution in [0.5, 0.6) is 0 Å². The Morgan fingerprint density at radius 1 is 1.53 bits per heavy atom. The number of urea groups is 1. The Balaban J connectivity index is 2.67. The first-order chi connectivity index (χ1) is 6.90. The van der Waals surface area contributed by atoms with Crippen LogP contribution >= 0.6 is 0 Å². The molecule has 5 nitrogen and oxygen atoms in total. The van der Waals surface area contributed by atoms with Crippen molar-refractivity contribution in [3.8, 4) is 0 Å². The Hall–Kier alpha value is -1.10. The molecule has 1 heterocycles. The number of aliphatic hydroxyl groups is 1. The van der Waals surface area contributed by atoms with Gasteiger partial charge in [0.2, 0.25) is 0 Å². The number of hydrogen-bond acceptors (Lipinski definition) is 3. The van der Waals surface area contributed by atoms with Gasteiger partial charge in [0.05, 0.1) is 6.10 Å². The lowest BCUT2D eigenvalue weighted by Gasteiger charge is -2.19. The van der Waals surface area contributed by atoms with E-state index >= 15 is 0 Å². The van der Waals surface area contributed by atoms with Gasteiger partial charge in [0.1, 0.15) is 5.54 Å². The second-order valence-electron chi connectivity index (χ2n) is 4.21. The zero-order chi connectivity index (χ0) is 11.6. The molecule has 1 aliphatic rings. The monoisotopic (exact) mass is 214 g/mol. The van der Waals surface area contributed by atoms with E-state index in [0.717, 1.165) is 0 Å². The Bertz CT molecular complexity index is 278. The molecule has 1 fully saturated rings. The number of carbonyl (C=O) groups excluding carboxylic acids is 2. The molecule has 0 aromatic rings. The molecule has 1 aliphatic heterocycles. The molecule has 0 bridgehead atoms. The second-order valence-corrected chi connectivity index (χ2v) is 4.21. The minimum absolute atomic E-state index is 0.198. The highest BCUT2D eigenvalue weighted by atomic mass is 16.3. The predicted molar refractivity (Wildman–Crippen MR) is 55.2 cm³/mol. The molecule has 5 heteroatoms. The molecule has 15 heavy (non-hydrogen) atoms. The summed E-state index contributed by atoms with van der Waals surface area (Å²) in [6, 6.07) is -0.356. The van der Waals surface area contributed by atoms with Crippen LogP contribution < -0.4 is 5.32 Å². The molecule has 0 aromatic heterocycles. The number of hydrogen-bond donors (Lipinski definition) is 2. The largest absolute Gasteiger partial charge is 0.393 e. The Morgan fingerprint density at radius 3 is 2.53 bits per heavy atom. The van der Waals surface area contributed by atoms with E-state index < -0.39 is 11.6 Å². The van der Waals surface area contributed by atoms with E-state index in [1.807, 2.05) is 6.92 Å². The maximum Gasteiger partial charge on any atom is 0.325 e. The summed E-state index contributed by atoms with van der Waals surface area (Å²) >= 11 is 0. The molecule has 0 spiro atoms. The maximum atomic E-state index is 11.8. The quantitative estimate of drug-likeness (QED) is 0.669. The lowest BCUT2D eigenvalue weighted by atomic mass is 9.99. The van der Waals surface area contributed by atoms with Gasteiger partial charge >= 0.3 is 6.03 Å². The number of aliphatic hydroxyl groups excluding tert-OH is 1. The van der Waals surface area contributed by atoms with E-state index in [9.17, 15) is 9.59 Å². The maximum absolute atomic E-state index is 11.8. The van der Waals surface area contributed by atoms with Gasteiger partial charge in [-0.05, 0) is 26.7 Å². The molecule has 0 aliphatic carbocycles. The normalized spacial score (nSPS) is 28.1. The van der Waals surface area contributed by atoms with Crippen molar-refractivity contribution in [2.75, 3.05) is 6.54 Å². The number of rotatable bonds is 4. The third-order valence-corrected chi connectivity index (χ3v) is 2.82. The van der Waals surface area contributed by atoms with Crippen molar-refractivity contribution in [3.63, 3.8) is 0 Å². The summed E-state index contributed by atoms with van der Waals surface area (Å²) in [5.74, 6) is -0.198. The molecular formula is C10H18N2O3. The van der Waals surface area contributed by atoms with Gasteiger partial charge in [-0.3, -0.25) is 9.69 Å². The minimum Gasteiger partial charge on any atom is -0.393 e. The van der Waals surface area contributed by atoms with Crippen LogP contribution in [0, 0.1) is 0 Å². The van der Waals surface area contributed by atoms with E-state index in [1.165, 1.54) is 4.90 Å². The molecule has 1 saturated heterocycles. The molecule has 3 amide bonds. The fourth-order valence-corrected chi connectivity index (χ4v) is 1.51. The van der Waals surface area contributed by atoms with Gasteiger partial charge in [-0.15, -0.1) is 0 Å². The van der Waals surface area contributed by atoms with Crippen molar-refractivity contribution in [2.24, 2.45) is 0 Å². The van der Waals surface area contributed by atoms with E-state index in [0.29, 0.717) is 12.8 Å². The van der Waals surface area contributed by atoms with Crippen molar-refractivity contribution in [1.82, 2.24) is 10.2 Å².